The number of furan rings is 1. The molecule has 1 aliphatic carbocycles. The minimum atomic E-state index is -0.373. The van der Waals surface area contributed by atoms with E-state index in [2.05, 4.69) is 5.32 Å². The van der Waals surface area contributed by atoms with E-state index in [4.69, 9.17) is 14.1 Å². The standard InChI is InChI=1S/C29H26N2O4S/c1-18-16-19(29(33)34-2)12-14-22(18)24-15-13-21(35-24)17-30-28-26(23-10-6-7-11-25(23)36-28)27(32)31-20-8-4-3-5-9-20/h3-5,8-9,12-17H,6-7,10-11H2,1-2H3,(H,31,32). The van der Waals surface area contributed by atoms with E-state index in [1.54, 1.807) is 29.7 Å². The number of benzene rings is 2. The first-order valence-electron chi connectivity index (χ1n) is 11.9. The maximum Gasteiger partial charge on any atom is 0.337 e. The second-order valence-corrected chi connectivity index (χ2v) is 9.78. The molecule has 0 unspecified atom stereocenters. The van der Waals surface area contributed by atoms with Gasteiger partial charge in [0.2, 0.25) is 0 Å². The van der Waals surface area contributed by atoms with Gasteiger partial charge in [-0.25, -0.2) is 9.79 Å². The molecule has 0 atom stereocenters. The lowest BCUT2D eigenvalue weighted by molar-refractivity contribution is 0.0600. The highest BCUT2D eigenvalue weighted by molar-refractivity contribution is 7.16. The number of aryl methyl sites for hydroxylation is 2. The molecule has 182 valence electrons. The molecule has 1 amide bonds. The molecule has 6 nitrogen and oxygen atoms in total. The van der Waals surface area contributed by atoms with Crippen molar-refractivity contribution in [3.63, 3.8) is 0 Å². The molecule has 2 aromatic heterocycles. The monoisotopic (exact) mass is 498 g/mol. The molecule has 7 heteroatoms. The lowest BCUT2D eigenvalue weighted by atomic mass is 9.95. The van der Waals surface area contributed by atoms with E-state index in [9.17, 15) is 9.59 Å². The molecule has 0 spiro atoms. The molecule has 0 bridgehead atoms. The van der Waals surface area contributed by atoms with Crippen LogP contribution in [0.3, 0.4) is 0 Å². The first kappa shape index (κ1) is 23.8. The lowest BCUT2D eigenvalue weighted by Crippen LogP contribution is -2.14. The van der Waals surface area contributed by atoms with Gasteiger partial charge in [0.1, 0.15) is 16.5 Å². The van der Waals surface area contributed by atoms with E-state index < -0.39 is 0 Å². The summed E-state index contributed by atoms with van der Waals surface area (Å²) in [6.45, 7) is 1.92. The van der Waals surface area contributed by atoms with Gasteiger partial charge >= 0.3 is 5.97 Å². The Balaban J connectivity index is 1.41. The van der Waals surface area contributed by atoms with Gasteiger partial charge in [-0.1, -0.05) is 24.3 Å². The zero-order valence-electron chi connectivity index (χ0n) is 20.2. The van der Waals surface area contributed by atoms with Crippen molar-refractivity contribution in [2.24, 2.45) is 4.99 Å². The molecular formula is C29H26N2O4S. The maximum atomic E-state index is 13.3. The predicted octanol–water partition coefficient (Wildman–Crippen LogP) is 6.98. The quantitative estimate of drug-likeness (QED) is 0.230. The van der Waals surface area contributed by atoms with Crippen LogP contribution in [0.1, 0.15) is 55.3 Å². The van der Waals surface area contributed by atoms with Gasteiger partial charge in [-0.3, -0.25) is 4.79 Å². The number of methoxy groups -OCH3 is 1. The zero-order valence-corrected chi connectivity index (χ0v) is 21.0. The molecule has 0 aliphatic heterocycles. The maximum absolute atomic E-state index is 13.3. The SMILES string of the molecule is COC(=O)c1ccc(-c2ccc(C=Nc3sc4c(c3C(=O)Nc3ccccc3)CCCC4)o2)c(C)c1. The van der Waals surface area contributed by atoms with Crippen LogP contribution in [0.25, 0.3) is 11.3 Å². The third-order valence-electron chi connectivity index (χ3n) is 6.26. The molecule has 4 aromatic rings. The number of nitrogens with one attached hydrogen (secondary N) is 1. The van der Waals surface area contributed by atoms with Crippen LogP contribution < -0.4 is 5.32 Å². The van der Waals surface area contributed by atoms with Gasteiger partial charge in [-0.05, 0) is 80.1 Å². The number of para-hydroxylation sites is 1. The van der Waals surface area contributed by atoms with Crippen molar-refractivity contribution < 1.29 is 18.7 Å². The van der Waals surface area contributed by atoms with Crippen LogP contribution in [0.4, 0.5) is 10.7 Å². The number of esters is 1. The zero-order chi connectivity index (χ0) is 25.1. The second kappa shape index (κ2) is 10.3. The molecule has 5 rings (SSSR count). The Morgan fingerprint density at radius 3 is 2.64 bits per heavy atom. The highest BCUT2D eigenvalue weighted by Gasteiger charge is 2.25. The Bertz CT molecular complexity index is 1450. The van der Waals surface area contributed by atoms with Gasteiger partial charge in [0.05, 0.1) is 24.5 Å². The molecular weight excluding hydrogens is 472 g/mol. The third kappa shape index (κ3) is 4.88. The molecule has 1 aliphatic rings. The number of amides is 1. The summed E-state index contributed by atoms with van der Waals surface area (Å²) >= 11 is 1.59. The van der Waals surface area contributed by atoms with Crippen LogP contribution in [-0.4, -0.2) is 25.2 Å². The first-order chi connectivity index (χ1) is 17.5. The Kier molecular flexibility index (Phi) is 6.82. The predicted molar refractivity (Wildman–Crippen MR) is 143 cm³/mol. The molecule has 1 N–H and O–H groups in total. The van der Waals surface area contributed by atoms with Gasteiger partial charge in [-0.2, -0.15) is 0 Å². The number of fused-ring (bicyclic) bond motifs is 1. The molecule has 2 heterocycles. The van der Waals surface area contributed by atoms with Crippen LogP contribution in [0.2, 0.25) is 0 Å². The highest BCUT2D eigenvalue weighted by atomic mass is 32.1. The van der Waals surface area contributed by atoms with Gasteiger partial charge in [-0.15, -0.1) is 11.3 Å². The number of thiophene rings is 1. The summed E-state index contributed by atoms with van der Waals surface area (Å²) in [6, 6.07) is 18.6. The van der Waals surface area contributed by atoms with Crippen LogP contribution in [0.5, 0.6) is 0 Å². The Morgan fingerprint density at radius 2 is 1.86 bits per heavy atom. The van der Waals surface area contributed by atoms with Crippen molar-refractivity contribution in [2.45, 2.75) is 32.6 Å². The topological polar surface area (TPSA) is 80.9 Å². The number of hydrogen-bond acceptors (Lipinski definition) is 6. The smallest absolute Gasteiger partial charge is 0.337 e. The molecule has 0 saturated heterocycles. The van der Waals surface area contributed by atoms with E-state index >= 15 is 0 Å². The molecule has 36 heavy (non-hydrogen) atoms. The largest absolute Gasteiger partial charge is 0.465 e. The van der Waals surface area contributed by atoms with Gasteiger partial charge in [0.25, 0.3) is 5.91 Å². The number of nitrogens with zero attached hydrogens (tertiary/aromatic N) is 1. The van der Waals surface area contributed by atoms with Crippen LogP contribution in [0.15, 0.2) is 70.1 Å². The second-order valence-electron chi connectivity index (χ2n) is 8.69. The summed E-state index contributed by atoms with van der Waals surface area (Å²) in [6.07, 6.45) is 5.75. The summed E-state index contributed by atoms with van der Waals surface area (Å²) in [5.41, 5.74) is 4.83. The van der Waals surface area contributed by atoms with Crippen molar-refractivity contribution in [2.75, 3.05) is 12.4 Å². The number of carbonyl (C=O) groups is 2. The van der Waals surface area contributed by atoms with Crippen molar-refractivity contribution >= 4 is 40.1 Å². The van der Waals surface area contributed by atoms with E-state index in [-0.39, 0.29) is 11.9 Å². The minimum absolute atomic E-state index is 0.130. The average Bonchev–Trinajstić information content (AvgIpc) is 3.52. The van der Waals surface area contributed by atoms with Crippen LogP contribution in [-0.2, 0) is 17.6 Å². The number of aliphatic imine (C=N–C) groups is 1. The highest BCUT2D eigenvalue weighted by Crippen LogP contribution is 2.40. The number of carbonyl (C=O) groups excluding carboxylic acids is 2. The molecule has 0 saturated carbocycles. The fourth-order valence-corrected chi connectivity index (χ4v) is 5.70. The van der Waals surface area contributed by atoms with Crippen molar-refractivity contribution in [3.05, 3.63) is 93.6 Å². The van der Waals surface area contributed by atoms with Gasteiger partial charge in [0.15, 0.2) is 0 Å². The molecule has 2 aromatic carbocycles. The molecule has 0 fully saturated rings. The van der Waals surface area contributed by atoms with Crippen LogP contribution in [0, 0.1) is 6.92 Å². The Morgan fingerprint density at radius 1 is 1.06 bits per heavy atom. The van der Waals surface area contributed by atoms with E-state index in [1.165, 1.54) is 12.0 Å². The Labute approximate surface area is 213 Å². The van der Waals surface area contributed by atoms with E-state index in [0.717, 1.165) is 48.1 Å². The molecule has 0 radical (unpaired) electrons. The third-order valence-corrected chi connectivity index (χ3v) is 7.46. The van der Waals surface area contributed by atoms with Crippen molar-refractivity contribution in [1.82, 2.24) is 0 Å². The Hall–Kier alpha value is -3.97. The first-order valence-corrected chi connectivity index (χ1v) is 12.7. The summed E-state index contributed by atoms with van der Waals surface area (Å²) in [5.74, 6) is 0.761. The van der Waals surface area contributed by atoms with Crippen LogP contribution >= 0.6 is 11.3 Å². The number of hydrogen-bond donors (Lipinski definition) is 1. The summed E-state index contributed by atoms with van der Waals surface area (Å²) in [7, 11) is 1.37. The van der Waals surface area contributed by atoms with Crippen molar-refractivity contribution in [3.8, 4) is 11.3 Å². The van der Waals surface area contributed by atoms with Gasteiger partial charge in [0, 0.05) is 16.1 Å². The number of anilines is 1. The summed E-state index contributed by atoms with van der Waals surface area (Å²) in [5, 5.41) is 3.72. The lowest BCUT2D eigenvalue weighted by Gasteiger charge is -2.12. The van der Waals surface area contributed by atoms with Gasteiger partial charge < -0.3 is 14.5 Å². The van der Waals surface area contributed by atoms with E-state index in [1.807, 2.05) is 55.5 Å². The van der Waals surface area contributed by atoms with Crippen molar-refractivity contribution in [1.29, 1.82) is 0 Å². The minimum Gasteiger partial charge on any atom is -0.465 e. The number of rotatable bonds is 6. The number of ether oxygens (including phenoxy) is 1. The fourth-order valence-electron chi connectivity index (χ4n) is 4.47. The fraction of sp³-hybridized carbons (Fsp3) is 0.207. The summed E-state index contributed by atoms with van der Waals surface area (Å²) < 4.78 is 10.8. The normalized spacial score (nSPS) is 12.9. The van der Waals surface area contributed by atoms with E-state index in [0.29, 0.717) is 27.6 Å². The summed E-state index contributed by atoms with van der Waals surface area (Å²) in [4.78, 5) is 31.0. The average molecular weight is 499 g/mol.